The van der Waals surface area contributed by atoms with Crippen LogP contribution < -0.4 is 12.4 Å². The molecule has 0 fully saturated rings. The van der Waals surface area contributed by atoms with Crippen LogP contribution in [0.1, 0.15) is 26.7 Å². The summed E-state index contributed by atoms with van der Waals surface area (Å²) >= 11 is -1.11. The molecule has 0 aliphatic heterocycles. The molecule has 0 nitrogen and oxygen atoms in total. The van der Waals surface area contributed by atoms with Gasteiger partial charge in [0.15, 0.2) is 0 Å². The van der Waals surface area contributed by atoms with E-state index in [0.29, 0.717) is 0 Å². The van der Waals surface area contributed by atoms with Gasteiger partial charge in [0.1, 0.15) is 0 Å². The Morgan fingerprint density at radius 3 is 1.73 bits per heavy atom. The monoisotopic (exact) mass is 256 g/mol. The van der Waals surface area contributed by atoms with Crippen molar-refractivity contribution in [3.05, 3.63) is 44.2 Å². The van der Waals surface area contributed by atoms with Gasteiger partial charge in [-0.2, -0.15) is 0 Å². The molecule has 2 rings (SSSR count). The van der Waals surface area contributed by atoms with Gasteiger partial charge in [-0.05, 0) is 0 Å². The van der Waals surface area contributed by atoms with E-state index in [1.807, 2.05) is 0 Å². The summed E-state index contributed by atoms with van der Waals surface area (Å²) in [6.07, 6.45) is 16.3. The third-order valence-electron chi connectivity index (χ3n) is 2.81. The summed E-state index contributed by atoms with van der Waals surface area (Å²) in [5.41, 5.74) is 0. The van der Waals surface area contributed by atoms with Gasteiger partial charge in [-0.25, -0.2) is 0 Å². The van der Waals surface area contributed by atoms with Crippen molar-refractivity contribution in [3.63, 3.8) is 0 Å². The molecule has 0 unspecified atom stereocenters. The summed E-state index contributed by atoms with van der Waals surface area (Å²) in [6.45, 7) is 4.79. The first-order chi connectivity index (χ1) is 6.79. The first kappa shape index (κ1) is 13.0. The van der Waals surface area contributed by atoms with E-state index in [9.17, 15) is 0 Å². The van der Waals surface area contributed by atoms with E-state index in [0.717, 1.165) is 4.22 Å². The summed E-state index contributed by atoms with van der Waals surface area (Å²) in [7, 11) is 0. The zero-order valence-electron chi connectivity index (χ0n) is 9.33. The second kappa shape index (κ2) is 5.89. The molecule has 0 radical (unpaired) electrons. The average molecular weight is 257 g/mol. The van der Waals surface area contributed by atoms with Crippen molar-refractivity contribution in [3.8, 4) is 0 Å². The van der Waals surface area contributed by atoms with E-state index in [1.165, 1.54) is 12.8 Å². The van der Waals surface area contributed by atoms with Crippen LogP contribution in [0.15, 0.2) is 44.2 Å². The van der Waals surface area contributed by atoms with Crippen LogP contribution >= 0.6 is 0 Å². The third-order valence-corrected chi connectivity index (χ3v) is 7.93. The van der Waals surface area contributed by atoms with Crippen LogP contribution in [0.25, 0.3) is 0 Å². The zero-order chi connectivity index (χ0) is 9.97. The van der Waals surface area contributed by atoms with Gasteiger partial charge in [0.05, 0.1) is 0 Å². The SMILES string of the molecule is C[CH](C)[Ti+]([C]1=CC=CC1)[C]1=CC=CC1.[Cl-]. The van der Waals surface area contributed by atoms with Crippen molar-refractivity contribution in [2.24, 2.45) is 0 Å². The molecule has 2 aliphatic rings. The molecule has 0 bridgehead atoms. The molecule has 0 amide bonds. The predicted molar refractivity (Wildman–Crippen MR) is 58.8 cm³/mol. The van der Waals surface area contributed by atoms with Crippen LogP contribution in [0.4, 0.5) is 0 Å². The molecule has 80 valence electrons. The van der Waals surface area contributed by atoms with Crippen LogP contribution in [-0.2, 0) is 17.9 Å². The minimum absolute atomic E-state index is 0. The number of hydrogen-bond donors (Lipinski definition) is 0. The number of halogens is 1. The molecule has 0 spiro atoms. The van der Waals surface area contributed by atoms with Gasteiger partial charge in [0, 0.05) is 0 Å². The van der Waals surface area contributed by atoms with Crippen molar-refractivity contribution >= 4 is 0 Å². The van der Waals surface area contributed by atoms with Crippen LogP contribution in [0.5, 0.6) is 0 Å². The van der Waals surface area contributed by atoms with E-state index in [-0.39, 0.29) is 12.4 Å². The molecule has 0 aromatic carbocycles. The van der Waals surface area contributed by atoms with Crippen molar-refractivity contribution in [2.45, 2.75) is 30.9 Å². The van der Waals surface area contributed by atoms with E-state index in [1.54, 1.807) is 7.76 Å². The van der Waals surface area contributed by atoms with Crippen LogP contribution in [0, 0.1) is 0 Å². The topological polar surface area (TPSA) is 0 Å². The molecule has 0 atom stereocenters. The number of hydrogen-bond acceptors (Lipinski definition) is 0. The Morgan fingerprint density at radius 1 is 1.00 bits per heavy atom. The summed E-state index contributed by atoms with van der Waals surface area (Å²) in [6, 6.07) is 0. The Bertz CT molecular complexity index is 304. The Labute approximate surface area is 105 Å². The Kier molecular flexibility index (Phi) is 5.12. The molecular formula is C13H17ClTi. The number of rotatable bonds is 3. The minimum Gasteiger partial charge on any atom is -1.00 e. The van der Waals surface area contributed by atoms with Crippen LogP contribution in [-0.4, -0.2) is 0 Å². The maximum absolute atomic E-state index is 2.40. The average Bonchev–Trinajstić information content (AvgIpc) is 2.75. The van der Waals surface area contributed by atoms with Crippen molar-refractivity contribution in [1.29, 1.82) is 0 Å². The van der Waals surface area contributed by atoms with E-state index >= 15 is 0 Å². The van der Waals surface area contributed by atoms with Gasteiger partial charge in [-0.15, -0.1) is 0 Å². The van der Waals surface area contributed by atoms with Crippen molar-refractivity contribution < 1.29 is 30.3 Å². The zero-order valence-corrected chi connectivity index (χ0v) is 11.7. The first-order valence-electron chi connectivity index (χ1n) is 5.38. The molecule has 0 aromatic heterocycles. The van der Waals surface area contributed by atoms with E-state index < -0.39 is 17.9 Å². The Hall–Kier alpha value is -0.0357. The molecule has 2 aliphatic carbocycles. The van der Waals surface area contributed by atoms with Gasteiger partial charge in [0.25, 0.3) is 0 Å². The van der Waals surface area contributed by atoms with Crippen molar-refractivity contribution in [1.82, 2.24) is 0 Å². The summed E-state index contributed by atoms with van der Waals surface area (Å²) < 4.78 is 4.40. The smallest absolute Gasteiger partial charge is 1.00 e. The standard InChI is InChI=1S/2C5H5.C3H7.ClH.Ti/c2*1-2-4-5-3-1;1-3-2;;/h2*1-3H,4H2;3H,1-2H3;1H;/q;;;;+1/p-1. The van der Waals surface area contributed by atoms with Crippen LogP contribution in [0.2, 0.25) is 4.22 Å². The minimum atomic E-state index is -1.11. The largest absolute Gasteiger partial charge is 1.00 e. The summed E-state index contributed by atoms with van der Waals surface area (Å²) in [5.74, 6) is 0. The second-order valence-electron chi connectivity index (χ2n) is 4.22. The second-order valence-corrected chi connectivity index (χ2v) is 9.32. The molecule has 0 aromatic rings. The normalized spacial score (nSPS) is 17.8. The fourth-order valence-corrected chi connectivity index (χ4v) is 7.12. The van der Waals surface area contributed by atoms with Gasteiger partial charge < -0.3 is 12.4 Å². The molecule has 0 N–H and O–H groups in total. The van der Waals surface area contributed by atoms with E-state index in [2.05, 4.69) is 50.3 Å². The molecule has 15 heavy (non-hydrogen) atoms. The molecule has 2 heteroatoms. The quantitative estimate of drug-likeness (QED) is 0.664. The van der Waals surface area contributed by atoms with Crippen LogP contribution in [0.3, 0.4) is 0 Å². The maximum atomic E-state index is 2.40. The fourth-order valence-electron chi connectivity index (χ4n) is 2.24. The molecule has 0 saturated carbocycles. The third kappa shape index (κ3) is 2.97. The van der Waals surface area contributed by atoms with Gasteiger partial charge in [-0.1, -0.05) is 0 Å². The molecular weight excluding hydrogens is 239 g/mol. The number of allylic oxidation sites excluding steroid dienone is 8. The van der Waals surface area contributed by atoms with Gasteiger partial charge >= 0.3 is 93.0 Å². The Morgan fingerprint density at radius 2 is 1.47 bits per heavy atom. The maximum Gasteiger partial charge on any atom is -1.00 e. The van der Waals surface area contributed by atoms with Gasteiger partial charge in [0.2, 0.25) is 0 Å². The Balaban J connectivity index is 0.00000112. The molecule has 0 heterocycles. The molecule has 0 saturated heterocycles. The first-order valence-corrected chi connectivity index (χ1v) is 7.84. The predicted octanol–water partition coefficient (Wildman–Crippen LogP) is 1.12. The fraction of sp³-hybridized carbons (Fsp3) is 0.385. The summed E-state index contributed by atoms with van der Waals surface area (Å²) in [5, 5.41) is 0. The summed E-state index contributed by atoms with van der Waals surface area (Å²) in [4.78, 5) is 0. The van der Waals surface area contributed by atoms with Gasteiger partial charge in [-0.3, -0.25) is 0 Å². The van der Waals surface area contributed by atoms with Crippen molar-refractivity contribution in [2.75, 3.05) is 0 Å². The van der Waals surface area contributed by atoms with E-state index in [4.69, 9.17) is 0 Å².